The molecule has 2 N–H and O–H groups in total. The summed E-state index contributed by atoms with van der Waals surface area (Å²) in [4.78, 5) is 4.24. The fraction of sp³-hybridized carbons (Fsp3) is 0.833. The van der Waals surface area contributed by atoms with Crippen molar-refractivity contribution in [2.45, 2.75) is 59.7 Å². The van der Waals surface area contributed by atoms with Gasteiger partial charge in [-0.15, -0.1) is 0 Å². The van der Waals surface area contributed by atoms with E-state index in [-0.39, 0.29) is 12.1 Å². The lowest BCUT2D eigenvalue weighted by Crippen LogP contribution is -2.53. The molecule has 6 heteroatoms. The molecule has 2 aliphatic rings. The van der Waals surface area contributed by atoms with Crippen LogP contribution >= 0.6 is 23.3 Å². The summed E-state index contributed by atoms with van der Waals surface area (Å²) in [6, 6.07) is 0.655. The fourth-order valence-corrected chi connectivity index (χ4v) is 4.82. The number of hydrogen-bond donors (Lipinski definition) is 2. The highest BCUT2D eigenvalue weighted by Gasteiger charge is 2.40. The minimum atomic E-state index is -0.0399. The minimum Gasteiger partial charge on any atom is -0.394 e. The zero-order valence-corrected chi connectivity index (χ0v) is 12.0. The second-order valence-corrected chi connectivity index (χ2v) is 7.73. The average Bonchev–Trinajstić information content (AvgIpc) is 3.03. The zero-order chi connectivity index (χ0) is 12.4. The molecular weight excluding hydrogens is 266 g/mol. The van der Waals surface area contributed by atoms with Crippen molar-refractivity contribution in [1.29, 1.82) is 0 Å². The molecule has 1 heterocycles. The van der Waals surface area contributed by atoms with E-state index in [4.69, 9.17) is 0 Å². The average molecular weight is 285 g/mol. The van der Waals surface area contributed by atoms with Gasteiger partial charge in [-0.2, -0.15) is 4.37 Å². The third-order valence-corrected chi connectivity index (χ3v) is 5.82. The highest BCUT2D eigenvalue weighted by Crippen LogP contribution is 2.39. The molecule has 2 unspecified atom stereocenters. The Hall–Kier alpha value is -0.170. The molecule has 1 aromatic rings. The van der Waals surface area contributed by atoms with Crippen LogP contribution in [0.2, 0.25) is 0 Å². The molecule has 0 radical (unpaired) electrons. The highest BCUT2D eigenvalue weighted by atomic mass is 32.2. The van der Waals surface area contributed by atoms with Crippen molar-refractivity contribution in [3.8, 4) is 0 Å². The van der Waals surface area contributed by atoms with Gasteiger partial charge < -0.3 is 10.4 Å². The summed E-state index contributed by atoms with van der Waals surface area (Å²) in [5.41, 5.74) is -0.0399. The molecular formula is C12H19N3OS2. The van der Waals surface area contributed by atoms with Gasteiger partial charge in [-0.25, -0.2) is 4.98 Å². The standard InChI is InChI=1S/C12H19N3OS2/c16-7-12(15-9-3-4-9)5-1-2-10(6-12)17-11-13-8-14-18-11/h8-10,15-16H,1-7H2. The van der Waals surface area contributed by atoms with Gasteiger partial charge in [-0.3, -0.25) is 0 Å². The topological polar surface area (TPSA) is 58.0 Å². The maximum atomic E-state index is 9.76. The van der Waals surface area contributed by atoms with E-state index in [1.54, 1.807) is 6.33 Å². The first-order chi connectivity index (χ1) is 8.80. The monoisotopic (exact) mass is 285 g/mol. The zero-order valence-electron chi connectivity index (χ0n) is 10.3. The lowest BCUT2D eigenvalue weighted by atomic mass is 9.82. The number of rotatable bonds is 5. The van der Waals surface area contributed by atoms with Gasteiger partial charge in [0.2, 0.25) is 0 Å². The van der Waals surface area contributed by atoms with Crippen molar-refractivity contribution in [3.63, 3.8) is 0 Å². The number of aliphatic hydroxyl groups excluding tert-OH is 1. The second kappa shape index (κ2) is 5.45. The van der Waals surface area contributed by atoms with E-state index in [0.717, 1.165) is 17.2 Å². The fourth-order valence-electron chi connectivity index (χ4n) is 2.75. The van der Waals surface area contributed by atoms with Crippen molar-refractivity contribution >= 4 is 23.3 Å². The maximum absolute atomic E-state index is 9.76. The Morgan fingerprint density at radius 2 is 2.39 bits per heavy atom. The first-order valence-electron chi connectivity index (χ1n) is 6.62. The van der Waals surface area contributed by atoms with Crippen molar-refractivity contribution in [1.82, 2.24) is 14.7 Å². The van der Waals surface area contributed by atoms with Crippen molar-refractivity contribution < 1.29 is 5.11 Å². The largest absolute Gasteiger partial charge is 0.394 e. The second-order valence-electron chi connectivity index (χ2n) is 5.40. The van der Waals surface area contributed by atoms with Crippen LogP contribution in [-0.4, -0.2) is 37.9 Å². The third-order valence-electron chi connectivity index (χ3n) is 3.80. The molecule has 18 heavy (non-hydrogen) atoms. The molecule has 0 spiro atoms. The van der Waals surface area contributed by atoms with E-state index < -0.39 is 0 Å². The lowest BCUT2D eigenvalue weighted by molar-refractivity contribution is 0.122. The van der Waals surface area contributed by atoms with Gasteiger partial charge in [0.15, 0.2) is 4.34 Å². The van der Waals surface area contributed by atoms with Gasteiger partial charge in [0.1, 0.15) is 6.33 Å². The molecule has 0 aromatic carbocycles. The summed E-state index contributed by atoms with van der Waals surface area (Å²) in [5.74, 6) is 0. The third kappa shape index (κ3) is 3.04. The summed E-state index contributed by atoms with van der Waals surface area (Å²) in [6.07, 6.45) is 8.73. The SMILES string of the molecule is OCC1(NC2CC2)CCCC(Sc2ncns2)C1. The van der Waals surface area contributed by atoms with Crippen LogP contribution in [0.1, 0.15) is 38.5 Å². The van der Waals surface area contributed by atoms with Gasteiger partial charge in [-0.05, 0) is 43.6 Å². The predicted molar refractivity (Wildman–Crippen MR) is 74.0 cm³/mol. The molecule has 0 aliphatic heterocycles. The van der Waals surface area contributed by atoms with E-state index in [1.165, 1.54) is 37.2 Å². The lowest BCUT2D eigenvalue weighted by Gasteiger charge is -2.40. The summed E-state index contributed by atoms with van der Waals surface area (Å²) in [7, 11) is 0. The minimum absolute atomic E-state index is 0.0399. The van der Waals surface area contributed by atoms with Crippen LogP contribution in [0.5, 0.6) is 0 Å². The van der Waals surface area contributed by atoms with Gasteiger partial charge in [0.05, 0.1) is 6.61 Å². The highest BCUT2D eigenvalue weighted by molar-refractivity contribution is 8.01. The Bertz CT molecular complexity index is 383. The quantitative estimate of drug-likeness (QED) is 0.867. The number of aromatic nitrogens is 2. The molecule has 0 amide bonds. The summed E-state index contributed by atoms with van der Waals surface area (Å²) < 4.78 is 5.10. The normalized spacial score (nSPS) is 32.6. The first-order valence-corrected chi connectivity index (χ1v) is 8.27. The Balaban J connectivity index is 1.62. The molecule has 2 saturated carbocycles. The van der Waals surface area contributed by atoms with Gasteiger partial charge in [0.25, 0.3) is 0 Å². The maximum Gasteiger partial charge on any atom is 0.170 e. The van der Waals surface area contributed by atoms with E-state index in [9.17, 15) is 5.11 Å². The Morgan fingerprint density at radius 1 is 1.50 bits per heavy atom. The van der Waals surface area contributed by atoms with Crippen molar-refractivity contribution in [2.75, 3.05) is 6.61 Å². The Morgan fingerprint density at radius 3 is 3.06 bits per heavy atom. The predicted octanol–water partition coefficient (Wildman–Crippen LogP) is 2.06. The van der Waals surface area contributed by atoms with Crippen LogP contribution in [0, 0.1) is 0 Å². The molecule has 0 bridgehead atoms. The summed E-state index contributed by atoms with van der Waals surface area (Å²) in [6.45, 7) is 0.261. The Kier molecular flexibility index (Phi) is 3.89. The van der Waals surface area contributed by atoms with Gasteiger partial charge in [-0.1, -0.05) is 18.2 Å². The summed E-state index contributed by atoms with van der Waals surface area (Å²) in [5, 5.41) is 14.0. The van der Waals surface area contributed by atoms with Crippen LogP contribution in [0.4, 0.5) is 0 Å². The van der Waals surface area contributed by atoms with Crippen LogP contribution in [0.3, 0.4) is 0 Å². The van der Waals surface area contributed by atoms with Crippen LogP contribution in [0.25, 0.3) is 0 Å². The number of thioether (sulfide) groups is 1. The molecule has 2 atom stereocenters. The molecule has 4 nitrogen and oxygen atoms in total. The van der Waals surface area contributed by atoms with Crippen LogP contribution < -0.4 is 5.32 Å². The number of aliphatic hydroxyl groups is 1. The van der Waals surface area contributed by atoms with Crippen molar-refractivity contribution in [2.24, 2.45) is 0 Å². The number of nitrogens with one attached hydrogen (secondary N) is 1. The van der Waals surface area contributed by atoms with Crippen LogP contribution in [0.15, 0.2) is 10.7 Å². The van der Waals surface area contributed by atoms with E-state index in [1.807, 2.05) is 11.8 Å². The Labute approximate surface area is 116 Å². The number of nitrogens with zero attached hydrogens (tertiary/aromatic N) is 2. The van der Waals surface area contributed by atoms with Crippen LogP contribution in [-0.2, 0) is 0 Å². The van der Waals surface area contributed by atoms with Gasteiger partial charge >= 0.3 is 0 Å². The van der Waals surface area contributed by atoms with Gasteiger partial charge in [0, 0.05) is 16.8 Å². The molecule has 1 aromatic heterocycles. The first kappa shape index (κ1) is 12.8. The molecule has 2 aliphatic carbocycles. The molecule has 0 saturated heterocycles. The molecule has 2 fully saturated rings. The van der Waals surface area contributed by atoms with E-state index >= 15 is 0 Å². The smallest absolute Gasteiger partial charge is 0.170 e. The van der Waals surface area contributed by atoms with E-state index in [0.29, 0.717) is 11.3 Å². The summed E-state index contributed by atoms with van der Waals surface area (Å²) >= 11 is 3.30. The molecule has 100 valence electrons. The van der Waals surface area contributed by atoms with E-state index in [2.05, 4.69) is 14.7 Å². The number of hydrogen-bond acceptors (Lipinski definition) is 6. The molecule has 3 rings (SSSR count). The van der Waals surface area contributed by atoms with Crippen molar-refractivity contribution in [3.05, 3.63) is 6.33 Å².